The third-order valence-corrected chi connectivity index (χ3v) is 2.93. The molecular formula is C12H12F2N4O3. The molecule has 9 heteroatoms. The number of hydrogen-bond acceptors (Lipinski definition) is 6. The van der Waals surface area contributed by atoms with Crippen molar-refractivity contribution in [1.29, 1.82) is 0 Å². The molecule has 1 N–H and O–H groups in total. The number of nitro benzene ring substituents is 1. The number of benzene rings is 1. The van der Waals surface area contributed by atoms with E-state index in [-0.39, 0.29) is 17.8 Å². The quantitative estimate of drug-likeness (QED) is 0.671. The van der Waals surface area contributed by atoms with Crippen molar-refractivity contribution in [3.05, 3.63) is 39.8 Å². The largest absolute Gasteiger partial charge is 0.339 e. The first kappa shape index (κ1) is 15.0. The molecule has 21 heavy (non-hydrogen) atoms. The average Bonchev–Trinajstić information content (AvgIpc) is 2.86. The van der Waals surface area contributed by atoms with Gasteiger partial charge in [-0.25, -0.2) is 4.39 Å². The second kappa shape index (κ2) is 5.92. The molecular weight excluding hydrogens is 286 g/mol. The SMILES string of the molecule is CNC(C)Cc1nc(-c2c(F)ccc([N+](=O)[O-])c2F)no1. The van der Waals surface area contributed by atoms with Crippen LogP contribution in [0.2, 0.25) is 0 Å². The van der Waals surface area contributed by atoms with Gasteiger partial charge in [-0.15, -0.1) is 0 Å². The Kier molecular flexibility index (Phi) is 4.22. The summed E-state index contributed by atoms with van der Waals surface area (Å²) in [6.45, 7) is 1.86. The second-order valence-electron chi connectivity index (χ2n) is 4.42. The van der Waals surface area contributed by atoms with Crippen molar-refractivity contribution < 1.29 is 18.2 Å². The lowest BCUT2D eigenvalue weighted by atomic mass is 10.1. The van der Waals surface area contributed by atoms with Gasteiger partial charge in [-0.1, -0.05) is 5.16 Å². The molecule has 1 aromatic carbocycles. The molecule has 0 saturated carbocycles. The van der Waals surface area contributed by atoms with Crippen molar-refractivity contribution in [1.82, 2.24) is 15.5 Å². The van der Waals surface area contributed by atoms with Gasteiger partial charge < -0.3 is 9.84 Å². The van der Waals surface area contributed by atoms with Gasteiger partial charge in [0.2, 0.25) is 17.5 Å². The molecule has 112 valence electrons. The Hall–Kier alpha value is -2.42. The van der Waals surface area contributed by atoms with Crippen LogP contribution in [0.5, 0.6) is 0 Å². The first-order chi connectivity index (χ1) is 9.93. The fourth-order valence-electron chi connectivity index (χ4n) is 1.69. The summed E-state index contributed by atoms with van der Waals surface area (Å²) in [6.07, 6.45) is 0.363. The molecule has 0 bridgehead atoms. The average molecular weight is 298 g/mol. The van der Waals surface area contributed by atoms with Crippen LogP contribution < -0.4 is 5.32 Å². The van der Waals surface area contributed by atoms with Crippen LogP contribution in [0.4, 0.5) is 14.5 Å². The summed E-state index contributed by atoms with van der Waals surface area (Å²) >= 11 is 0. The Labute approximate surface area is 118 Å². The van der Waals surface area contributed by atoms with Gasteiger partial charge in [-0.3, -0.25) is 10.1 Å². The molecule has 0 aliphatic heterocycles. The molecule has 1 aromatic heterocycles. The predicted octanol–water partition coefficient (Wildman–Crippen LogP) is 2.07. The molecule has 0 aliphatic rings. The number of nitrogens with zero attached hydrogens (tertiary/aromatic N) is 3. The van der Waals surface area contributed by atoms with Gasteiger partial charge in [0, 0.05) is 18.5 Å². The Morgan fingerprint density at radius 2 is 2.19 bits per heavy atom. The highest BCUT2D eigenvalue weighted by atomic mass is 19.1. The predicted molar refractivity (Wildman–Crippen MR) is 68.5 cm³/mol. The molecule has 0 aliphatic carbocycles. The number of halogens is 2. The van der Waals surface area contributed by atoms with Crippen LogP contribution in [0.1, 0.15) is 12.8 Å². The standard InChI is InChI=1S/C12H12F2N4O3/c1-6(15-2)5-9-16-12(17-21-9)10-7(13)3-4-8(11(10)14)18(19)20/h3-4,6,15H,5H2,1-2H3. The molecule has 1 heterocycles. The Morgan fingerprint density at radius 3 is 2.81 bits per heavy atom. The smallest absolute Gasteiger partial charge is 0.305 e. The highest BCUT2D eigenvalue weighted by Gasteiger charge is 2.26. The van der Waals surface area contributed by atoms with Crippen LogP contribution in [-0.2, 0) is 6.42 Å². The first-order valence-corrected chi connectivity index (χ1v) is 6.06. The zero-order chi connectivity index (χ0) is 15.6. The van der Waals surface area contributed by atoms with E-state index in [0.717, 1.165) is 12.1 Å². The van der Waals surface area contributed by atoms with Crippen molar-refractivity contribution in [3.8, 4) is 11.4 Å². The Bertz CT molecular complexity index is 675. The van der Waals surface area contributed by atoms with Crippen LogP contribution in [0.3, 0.4) is 0 Å². The van der Waals surface area contributed by atoms with Gasteiger partial charge in [0.25, 0.3) is 0 Å². The van der Waals surface area contributed by atoms with Crippen molar-refractivity contribution in [2.75, 3.05) is 7.05 Å². The maximum absolute atomic E-state index is 14.0. The number of rotatable bonds is 5. The highest BCUT2D eigenvalue weighted by Crippen LogP contribution is 2.29. The van der Waals surface area contributed by atoms with Crippen LogP contribution in [-0.4, -0.2) is 28.2 Å². The van der Waals surface area contributed by atoms with E-state index in [0.29, 0.717) is 6.42 Å². The summed E-state index contributed by atoms with van der Waals surface area (Å²) in [7, 11) is 1.74. The van der Waals surface area contributed by atoms with Gasteiger partial charge in [0.05, 0.1) is 4.92 Å². The van der Waals surface area contributed by atoms with Crippen molar-refractivity contribution in [2.45, 2.75) is 19.4 Å². The second-order valence-corrected chi connectivity index (χ2v) is 4.42. The van der Waals surface area contributed by atoms with Crippen LogP contribution in [0.25, 0.3) is 11.4 Å². The third kappa shape index (κ3) is 3.02. The minimum Gasteiger partial charge on any atom is -0.339 e. The van der Waals surface area contributed by atoms with Gasteiger partial charge in [0.1, 0.15) is 11.4 Å². The van der Waals surface area contributed by atoms with Crippen molar-refractivity contribution >= 4 is 5.69 Å². The van der Waals surface area contributed by atoms with E-state index in [1.54, 1.807) is 7.05 Å². The highest BCUT2D eigenvalue weighted by molar-refractivity contribution is 5.61. The number of nitrogens with one attached hydrogen (secondary N) is 1. The van der Waals surface area contributed by atoms with Gasteiger partial charge in [0.15, 0.2) is 0 Å². The minimum absolute atomic E-state index is 0.0260. The lowest BCUT2D eigenvalue weighted by Gasteiger charge is -2.04. The van der Waals surface area contributed by atoms with E-state index in [1.165, 1.54) is 0 Å². The minimum atomic E-state index is -1.32. The van der Waals surface area contributed by atoms with E-state index in [4.69, 9.17) is 4.52 Å². The molecule has 2 rings (SSSR count). The summed E-state index contributed by atoms with van der Waals surface area (Å²) in [6, 6.07) is 1.57. The van der Waals surface area contributed by atoms with E-state index in [9.17, 15) is 18.9 Å². The van der Waals surface area contributed by atoms with E-state index in [2.05, 4.69) is 15.5 Å². The number of aromatic nitrogens is 2. The van der Waals surface area contributed by atoms with Crippen LogP contribution in [0.15, 0.2) is 16.7 Å². The van der Waals surface area contributed by atoms with Gasteiger partial charge in [-0.05, 0) is 20.0 Å². The number of nitro groups is 1. The summed E-state index contributed by atoms with van der Waals surface area (Å²) in [5.74, 6) is -2.50. The molecule has 0 saturated heterocycles. The van der Waals surface area contributed by atoms with E-state index in [1.807, 2.05) is 6.92 Å². The molecule has 7 nitrogen and oxygen atoms in total. The van der Waals surface area contributed by atoms with Gasteiger partial charge >= 0.3 is 5.69 Å². The van der Waals surface area contributed by atoms with E-state index < -0.39 is 27.8 Å². The fourth-order valence-corrected chi connectivity index (χ4v) is 1.69. The van der Waals surface area contributed by atoms with Crippen LogP contribution >= 0.6 is 0 Å². The first-order valence-electron chi connectivity index (χ1n) is 6.06. The molecule has 0 amide bonds. The molecule has 0 radical (unpaired) electrons. The third-order valence-electron chi connectivity index (χ3n) is 2.93. The maximum Gasteiger partial charge on any atom is 0.305 e. The fraction of sp³-hybridized carbons (Fsp3) is 0.333. The van der Waals surface area contributed by atoms with Gasteiger partial charge in [-0.2, -0.15) is 9.37 Å². The van der Waals surface area contributed by atoms with E-state index >= 15 is 0 Å². The van der Waals surface area contributed by atoms with Crippen molar-refractivity contribution in [3.63, 3.8) is 0 Å². The molecule has 1 atom stereocenters. The topological polar surface area (TPSA) is 94.1 Å². The monoisotopic (exact) mass is 298 g/mol. The summed E-state index contributed by atoms with van der Waals surface area (Å²) in [4.78, 5) is 13.6. The normalized spacial score (nSPS) is 12.4. The summed E-state index contributed by atoms with van der Waals surface area (Å²) in [5, 5.41) is 17.1. The summed E-state index contributed by atoms with van der Waals surface area (Å²) < 4.78 is 32.6. The molecule has 0 fully saturated rings. The number of hydrogen-bond donors (Lipinski definition) is 1. The lowest BCUT2D eigenvalue weighted by molar-refractivity contribution is -0.387. The Balaban J connectivity index is 2.42. The molecule has 2 aromatic rings. The van der Waals surface area contributed by atoms with Crippen LogP contribution in [0, 0.1) is 21.7 Å². The maximum atomic E-state index is 14.0. The lowest BCUT2D eigenvalue weighted by Crippen LogP contribution is -2.23. The molecule has 1 unspecified atom stereocenters. The zero-order valence-electron chi connectivity index (χ0n) is 11.3. The summed E-state index contributed by atoms with van der Waals surface area (Å²) in [5.41, 5.74) is -1.52. The molecule has 0 spiro atoms. The Morgan fingerprint density at radius 1 is 1.48 bits per heavy atom. The zero-order valence-corrected chi connectivity index (χ0v) is 11.3. The number of likely N-dealkylation sites (N-methyl/N-ethyl adjacent to an activating group) is 1. The van der Waals surface area contributed by atoms with Crippen molar-refractivity contribution in [2.24, 2.45) is 0 Å².